The van der Waals surface area contributed by atoms with Gasteiger partial charge in [0.1, 0.15) is 5.75 Å². The summed E-state index contributed by atoms with van der Waals surface area (Å²) in [6.45, 7) is 3.98. The maximum Gasteiger partial charge on any atom is 0.256 e. The quantitative estimate of drug-likeness (QED) is 0.768. The molecule has 98 valence electrons. The van der Waals surface area contributed by atoms with Crippen molar-refractivity contribution in [3.63, 3.8) is 0 Å². The molecule has 1 aromatic carbocycles. The van der Waals surface area contributed by atoms with Crippen molar-refractivity contribution in [3.05, 3.63) is 24.3 Å². The average Bonchev–Trinajstić information content (AvgIpc) is 2.92. The van der Waals surface area contributed by atoms with Gasteiger partial charge in [0.05, 0.1) is 25.5 Å². The first-order valence-corrected chi connectivity index (χ1v) is 7.07. The summed E-state index contributed by atoms with van der Waals surface area (Å²) in [5.41, 5.74) is 0. The normalized spacial score (nSPS) is 14.8. The Kier molecular flexibility index (Phi) is 4.90. The number of hydroxylamine groups is 2. The molecule has 18 heavy (non-hydrogen) atoms. The molecule has 1 aliphatic heterocycles. The van der Waals surface area contributed by atoms with Crippen molar-refractivity contribution in [1.29, 1.82) is 0 Å². The highest BCUT2D eigenvalue weighted by Crippen LogP contribution is 2.22. The van der Waals surface area contributed by atoms with Gasteiger partial charge in [-0.15, -0.1) is 11.8 Å². The van der Waals surface area contributed by atoms with Crippen LogP contribution in [-0.2, 0) is 9.63 Å². The molecule has 2 rings (SSSR count). The molecule has 0 saturated carbocycles. The van der Waals surface area contributed by atoms with Crippen molar-refractivity contribution < 1.29 is 14.4 Å². The molecular formula is C13H17NO3S. The van der Waals surface area contributed by atoms with Crippen molar-refractivity contribution in [2.45, 2.75) is 18.2 Å². The number of carbonyl (C=O) groups is 1. The number of amides is 1. The van der Waals surface area contributed by atoms with Crippen molar-refractivity contribution in [2.24, 2.45) is 0 Å². The average molecular weight is 267 g/mol. The van der Waals surface area contributed by atoms with Crippen LogP contribution in [-0.4, -0.2) is 36.5 Å². The second-order valence-corrected chi connectivity index (χ2v) is 4.92. The van der Waals surface area contributed by atoms with Gasteiger partial charge in [-0.05, 0) is 37.6 Å². The minimum Gasteiger partial charge on any atom is -0.494 e. The van der Waals surface area contributed by atoms with Crippen molar-refractivity contribution in [1.82, 2.24) is 5.06 Å². The van der Waals surface area contributed by atoms with Gasteiger partial charge in [0.2, 0.25) is 0 Å². The summed E-state index contributed by atoms with van der Waals surface area (Å²) >= 11 is 1.52. The molecule has 1 aromatic rings. The number of thioether (sulfide) groups is 1. The Bertz CT molecular complexity index is 388. The van der Waals surface area contributed by atoms with Crippen LogP contribution in [0.3, 0.4) is 0 Å². The van der Waals surface area contributed by atoms with Crippen LogP contribution in [0.15, 0.2) is 29.2 Å². The van der Waals surface area contributed by atoms with Gasteiger partial charge in [0, 0.05) is 4.90 Å². The first kappa shape index (κ1) is 13.2. The van der Waals surface area contributed by atoms with E-state index < -0.39 is 0 Å². The lowest BCUT2D eigenvalue weighted by atomic mass is 10.3. The van der Waals surface area contributed by atoms with E-state index in [1.165, 1.54) is 16.8 Å². The van der Waals surface area contributed by atoms with Gasteiger partial charge in [0.15, 0.2) is 0 Å². The Morgan fingerprint density at radius 1 is 1.44 bits per heavy atom. The van der Waals surface area contributed by atoms with Crippen molar-refractivity contribution >= 4 is 17.7 Å². The Morgan fingerprint density at radius 3 is 2.83 bits per heavy atom. The molecule has 0 bridgehead atoms. The van der Waals surface area contributed by atoms with Crippen LogP contribution in [0.1, 0.15) is 13.3 Å². The highest BCUT2D eigenvalue weighted by atomic mass is 32.2. The first-order valence-electron chi connectivity index (χ1n) is 6.08. The minimum atomic E-state index is 0.0337. The molecule has 4 nitrogen and oxygen atoms in total. The summed E-state index contributed by atoms with van der Waals surface area (Å²) in [5.74, 6) is 1.30. The molecule has 0 aromatic heterocycles. The molecule has 1 aliphatic rings. The second-order valence-electron chi connectivity index (χ2n) is 3.88. The third kappa shape index (κ3) is 3.65. The number of hydrogen-bond acceptors (Lipinski definition) is 4. The van der Waals surface area contributed by atoms with Gasteiger partial charge in [-0.25, -0.2) is 5.06 Å². The van der Waals surface area contributed by atoms with Gasteiger partial charge in [-0.2, -0.15) is 0 Å². The summed E-state index contributed by atoms with van der Waals surface area (Å²) in [6.07, 6.45) is 0.930. The molecule has 1 saturated heterocycles. The van der Waals surface area contributed by atoms with Gasteiger partial charge < -0.3 is 4.74 Å². The Labute approximate surface area is 111 Å². The van der Waals surface area contributed by atoms with E-state index in [-0.39, 0.29) is 5.91 Å². The largest absolute Gasteiger partial charge is 0.494 e. The molecule has 0 spiro atoms. The van der Waals surface area contributed by atoms with Gasteiger partial charge in [-0.1, -0.05) is 0 Å². The summed E-state index contributed by atoms with van der Waals surface area (Å²) in [4.78, 5) is 18.0. The number of nitrogens with zero attached hydrogens (tertiary/aromatic N) is 1. The van der Waals surface area contributed by atoms with Crippen LogP contribution in [0.25, 0.3) is 0 Å². The molecule has 1 heterocycles. The lowest BCUT2D eigenvalue weighted by Gasteiger charge is -2.13. The smallest absolute Gasteiger partial charge is 0.256 e. The van der Waals surface area contributed by atoms with E-state index in [0.717, 1.165) is 17.1 Å². The SMILES string of the molecule is CCOc1ccc(SCC(=O)N2CCCO2)cc1. The molecule has 0 aliphatic carbocycles. The zero-order valence-electron chi connectivity index (χ0n) is 10.4. The molecule has 1 fully saturated rings. The molecule has 1 amide bonds. The summed E-state index contributed by atoms with van der Waals surface area (Å²) in [5, 5.41) is 1.46. The Hall–Kier alpha value is -1.20. The number of carbonyl (C=O) groups excluding carboxylic acids is 1. The minimum absolute atomic E-state index is 0.0337. The van der Waals surface area contributed by atoms with Crippen LogP contribution < -0.4 is 4.74 Å². The molecule has 0 unspecified atom stereocenters. The van der Waals surface area contributed by atoms with Gasteiger partial charge >= 0.3 is 0 Å². The van der Waals surface area contributed by atoms with E-state index in [4.69, 9.17) is 9.57 Å². The van der Waals surface area contributed by atoms with Crippen LogP contribution in [0.4, 0.5) is 0 Å². The summed E-state index contributed by atoms with van der Waals surface area (Å²) in [6, 6.07) is 7.77. The molecule has 0 radical (unpaired) electrons. The number of rotatable bonds is 5. The fourth-order valence-electron chi connectivity index (χ4n) is 1.66. The molecule has 5 heteroatoms. The van der Waals surface area contributed by atoms with E-state index in [0.29, 0.717) is 25.5 Å². The van der Waals surface area contributed by atoms with Crippen molar-refractivity contribution in [2.75, 3.05) is 25.5 Å². The monoisotopic (exact) mass is 267 g/mol. The van der Waals surface area contributed by atoms with E-state index >= 15 is 0 Å². The van der Waals surface area contributed by atoms with Gasteiger partial charge in [0.25, 0.3) is 5.91 Å². The fraction of sp³-hybridized carbons (Fsp3) is 0.462. The van der Waals surface area contributed by atoms with Crippen LogP contribution in [0.5, 0.6) is 5.75 Å². The molecule has 0 N–H and O–H groups in total. The second kappa shape index (κ2) is 6.66. The Balaban J connectivity index is 1.80. The highest BCUT2D eigenvalue weighted by Gasteiger charge is 2.18. The summed E-state index contributed by atoms with van der Waals surface area (Å²) in [7, 11) is 0. The van der Waals surface area contributed by atoms with E-state index in [9.17, 15) is 4.79 Å². The van der Waals surface area contributed by atoms with E-state index in [1.54, 1.807) is 0 Å². The maximum atomic E-state index is 11.7. The molecule has 0 atom stereocenters. The third-order valence-corrected chi connectivity index (χ3v) is 3.52. The first-order chi connectivity index (χ1) is 8.79. The van der Waals surface area contributed by atoms with Crippen LogP contribution in [0, 0.1) is 0 Å². The van der Waals surface area contributed by atoms with Gasteiger partial charge in [-0.3, -0.25) is 9.63 Å². The predicted octanol–water partition coefficient (Wildman–Crippen LogP) is 2.34. The molecular weight excluding hydrogens is 250 g/mol. The maximum absolute atomic E-state index is 11.7. The van der Waals surface area contributed by atoms with Crippen LogP contribution >= 0.6 is 11.8 Å². The zero-order valence-corrected chi connectivity index (χ0v) is 11.2. The number of benzene rings is 1. The highest BCUT2D eigenvalue weighted by molar-refractivity contribution is 8.00. The summed E-state index contributed by atoms with van der Waals surface area (Å²) < 4.78 is 5.36. The van der Waals surface area contributed by atoms with Crippen molar-refractivity contribution in [3.8, 4) is 5.75 Å². The van der Waals surface area contributed by atoms with Crippen LogP contribution in [0.2, 0.25) is 0 Å². The fourth-order valence-corrected chi connectivity index (χ4v) is 2.42. The number of hydrogen-bond donors (Lipinski definition) is 0. The topological polar surface area (TPSA) is 38.8 Å². The number of ether oxygens (including phenoxy) is 1. The van der Waals surface area contributed by atoms with E-state index in [1.807, 2.05) is 31.2 Å². The zero-order chi connectivity index (χ0) is 12.8. The Morgan fingerprint density at radius 2 is 2.22 bits per heavy atom. The lowest BCUT2D eigenvalue weighted by molar-refractivity contribution is -0.165. The standard InChI is InChI=1S/C13H17NO3S/c1-2-16-11-4-6-12(7-5-11)18-10-13(15)14-8-3-9-17-14/h4-7H,2-3,8-10H2,1H3. The third-order valence-electron chi connectivity index (χ3n) is 2.53. The lowest BCUT2D eigenvalue weighted by Crippen LogP contribution is -2.28. The predicted molar refractivity (Wildman–Crippen MR) is 70.6 cm³/mol. The van der Waals surface area contributed by atoms with E-state index in [2.05, 4.69) is 0 Å².